The van der Waals surface area contributed by atoms with E-state index in [-0.39, 0.29) is 5.91 Å². The van der Waals surface area contributed by atoms with Crippen LogP contribution in [0.4, 0.5) is 11.6 Å². The molecule has 2 aromatic rings. The minimum Gasteiger partial charge on any atom is -0.496 e. The molecule has 0 bridgehead atoms. The number of hydrogen-bond donors (Lipinski definition) is 2. The van der Waals surface area contributed by atoms with Gasteiger partial charge in [0.15, 0.2) is 5.82 Å². The van der Waals surface area contributed by atoms with Crippen LogP contribution in [0.15, 0.2) is 30.3 Å². The van der Waals surface area contributed by atoms with Crippen LogP contribution in [-0.4, -0.2) is 62.4 Å². The lowest BCUT2D eigenvalue weighted by Crippen LogP contribution is -2.17. The summed E-state index contributed by atoms with van der Waals surface area (Å²) in [7, 11) is 7.08. The number of amides is 1. The molecule has 1 aromatic heterocycles. The molecule has 2 rings (SSSR count). The number of hydrogen-bond acceptors (Lipinski definition) is 7. The van der Waals surface area contributed by atoms with Crippen molar-refractivity contribution >= 4 is 17.5 Å². The molecule has 0 fully saturated rings. The second-order valence-electron chi connectivity index (χ2n) is 5.88. The summed E-state index contributed by atoms with van der Waals surface area (Å²) >= 11 is 0. The summed E-state index contributed by atoms with van der Waals surface area (Å²) in [6.45, 7) is 1.80. The second kappa shape index (κ2) is 9.57. The number of carbonyl (C=O) groups excluding carboxylic acids is 1. The van der Waals surface area contributed by atoms with Gasteiger partial charge in [0.25, 0.3) is 5.91 Å². The molecule has 140 valence electrons. The van der Waals surface area contributed by atoms with Gasteiger partial charge in [0.1, 0.15) is 22.9 Å². The van der Waals surface area contributed by atoms with Gasteiger partial charge in [-0.1, -0.05) is 6.07 Å². The summed E-state index contributed by atoms with van der Waals surface area (Å²) in [4.78, 5) is 14.7. The first-order valence-corrected chi connectivity index (χ1v) is 8.29. The third-order valence-corrected chi connectivity index (χ3v) is 3.65. The Bertz CT molecular complexity index is 697. The van der Waals surface area contributed by atoms with E-state index in [2.05, 4.69) is 25.7 Å². The topological polar surface area (TPSA) is 88.6 Å². The normalized spacial score (nSPS) is 10.5. The molecule has 0 saturated heterocycles. The van der Waals surface area contributed by atoms with Gasteiger partial charge in [-0.05, 0) is 51.3 Å². The second-order valence-corrected chi connectivity index (χ2v) is 5.88. The highest BCUT2D eigenvalue weighted by Crippen LogP contribution is 2.28. The van der Waals surface area contributed by atoms with Crippen LogP contribution >= 0.6 is 0 Å². The fraction of sp³-hybridized carbons (Fsp3) is 0.389. The van der Waals surface area contributed by atoms with E-state index < -0.39 is 0 Å². The Morgan fingerprint density at radius 3 is 2.19 bits per heavy atom. The molecule has 0 radical (unpaired) electrons. The predicted molar refractivity (Wildman–Crippen MR) is 101 cm³/mol. The molecule has 0 unspecified atom stereocenters. The Hall–Kier alpha value is -2.87. The van der Waals surface area contributed by atoms with E-state index in [1.165, 1.54) is 14.2 Å². The Balaban J connectivity index is 2.00. The Morgan fingerprint density at radius 1 is 1.04 bits per heavy atom. The van der Waals surface area contributed by atoms with Gasteiger partial charge in [0.05, 0.1) is 14.2 Å². The number of anilines is 2. The van der Waals surface area contributed by atoms with Gasteiger partial charge in [-0.2, -0.15) is 0 Å². The lowest BCUT2D eigenvalue weighted by molar-refractivity contribution is 0.102. The van der Waals surface area contributed by atoms with Crippen molar-refractivity contribution in [1.82, 2.24) is 15.1 Å². The zero-order valence-corrected chi connectivity index (χ0v) is 15.6. The van der Waals surface area contributed by atoms with Gasteiger partial charge in [-0.25, -0.2) is 0 Å². The smallest absolute Gasteiger partial charge is 0.264 e. The molecule has 26 heavy (non-hydrogen) atoms. The maximum absolute atomic E-state index is 12.6. The quantitative estimate of drug-likeness (QED) is 0.663. The van der Waals surface area contributed by atoms with Gasteiger partial charge in [0.2, 0.25) is 0 Å². The summed E-state index contributed by atoms with van der Waals surface area (Å²) in [6, 6.07) is 8.62. The molecule has 0 aliphatic carbocycles. The minimum atomic E-state index is -0.375. The van der Waals surface area contributed by atoms with Crippen LogP contribution in [0.1, 0.15) is 16.8 Å². The van der Waals surface area contributed by atoms with E-state index in [0.717, 1.165) is 19.5 Å². The third-order valence-electron chi connectivity index (χ3n) is 3.65. The number of nitrogens with one attached hydrogen (secondary N) is 2. The fourth-order valence-electron chi connectivity index (χ4n) is 2.36. The van der Waals surface area contributed by atoms with Crippen molar-refractivity contribution in [2.45, 2.75) is 6.42 Å². The van der Waals surface area contributed by atoms with E-state index >= 15 is 0 Å². The van der Waals surface area contributed by atoms with Crippen LogP contribution in [0.2, 0.25) is 0 Å². The number of benzene rings is 1. The number of ether oxygens (including phenoxy) is 2. The molecule has 0 spiro atoms. The highest BCUT2D eigenvalue weighted by atomic mass is 16.5. The molecule has 1 amide bonds. The molecule has 0 aliphatic rings. The van der Waals surface area contributed by atoms with Crippen molar-refractivity contribution in [1.29, 1.82) is 0 Å². The number of aromatic nitrogens is 2. The summed E-state index contributed by atoms with van der Waals surface area (Å²) in [6.07, 6.45) is 1.00. The number of carbonyl (C=O) groups is 1. The van der Waals surface area contributed by atoms with Gasteiger partial charge in [-0.3, -0.25) is 4.79 Å². The van der Waals surface area contributed by atoms with Gasteiger partial charge in [-0.15, -0.1) is 10.2 Å². The van der Waals surface area contributed by atoms with Crippen LogP contribution in [0.3, 0.4) is 0 Å². The summed E-state index contributed by atoms with van der Waals surface area (Å²) in [5.74, 6) is 1.49. The predicted octanol–water partition coefficient (Wildman–Crippen LogP) is 2.11. The SMILES string of the molecule is COc1cccc(OC)c1C(=O)Nc1ccc(NCCCN(C)C)nn1. The van der Waals surface area contributed by atoms with Crippen LogP contribution in [0, 0.1) is 0 Å². The van der Waals surface area contributed by atoms with Crippen molar-refractivity contribution in [3.8, 4) is 11.5 Å². The molecule has 0 aliphatic heterocycles. The van der Waals surface area contributed by atoms with Gasteiger partial charge >= 0.3 is 0 Å². The Kier molecular flexibility index (Phi) is 7.16. The van der Waals surface area contributed by atoms with Crippen molar-refractivity contribution in [3.63, 3.8) is 0 Å². The van der Waals surface area contributed by atoms with Crippen molar-refractivity contribution in [2.24, 2.45) is 0 Å². The Labute approximate surface area is 153 Å². The molecule has 0 atom stereocenters. The van der Waals surface area contributed by atoms with Crippen LogP contribution in [0.5, 0.6) is 11.5 Å². The van der Waals surface area contributed by atoms with Crippen LogP contribution in [-0.2, 0) is 0 Å². The standard InChI is InChI=1S/C18H25N5O3/c1-23(2)12-6-11-19-15-9-10-16(22-21-15)20-18(24)17-13(25-3)7-5-8-14(17)26-4/h5,7-10H,6,11-12H2,1-4H3,(H,19,21)(H,20,22,24). The molecule has 2 N–H and O–H groups in total. The monoisotopic (exact) mass is 359 g/mol. The third kappa shape index (κ3) is 5.32. The van der Waals surface area contributed by atoms with E-state index in [1.54, 1.807) is 30.3 Å². The average Bonchev–Trinajstić information content (AvgIpc) is 2.65. The number of rotatable bonds is 9. The zero-order valence-electron chi connectivity index (χ0n) is 15.6. The van der Waals surface area contributed by atoms with E-state index in [4.69, 9.17) is 9.47 Å². The van der Waals surface area contributed by atoms with Crippen LogP contribution < -0.4 is 20.1 Å². The van der Waals surface area contributed by atoms with Crippen molar-refractivity contribution in [2.75, 3.05) is 52.0 Å². The first-order valence-electron chi connectivity index (χ1n) is 8.29. The lowest BCUT2D eigenvalue weighted by Gasteiger charge is -2.13. The zero-order chi connectivity index (χ0) is 18.9. The summed E-state index contributed by atoms with van der Waals surface area (Å²) < 4.78 is 10.5. The highest BCUT2D eigenvalue weighted by molar-refractivity contribution is 6.07. The molecular weight excluding hydrogens is 334 g/mol. The fourth-order valence-corrected chi connectivity index (χ4v) is 2.36. The number of methoxy groups -OCH3 is 2. The Morgan fingerprint density at radius 2 is 1.65 bits per heavy atom. The van der Waals surface area contributed by atoms with Crippen molar-refractivity contribution < 1.29 is 14.3 Å². The van der Waals surface area contributed by atoms with E-state index in [1.807, 2.05) is 14.1 Å². The lowest BCUT2D eigenvalue weighted by atomic mass is 10.1. The molecular formula is C18H25N5O3. The van der Waals surface area contributed by atoms with Crippen molar-refractivity contribution in [3.05, 3.63) is 35.9 Å². The molecule has 8 nitrogen and oxygen atoms in total. The maximum atomic E-state index is 12.6. The van der Waals surface area contributed by atoms with E-state index in [0.29, 0.717) is 28.7 Å². The van der Waals surface area contributed by atoms with E-state index in [9.17, 15) is 4.79 Å². The molecule has 1 heterocycles. The first kappa shape index (κ1) is 19.5. The average molecular weight is 359 g/mol. The highest BCUT2D eigenvalue weighted by Gasteiger charge is 2.18. The molecule has 1 aromatic carbocycles. The maximum Gasteiger partial charge on any atom is 0.264 e. The van der Waals surface area contributed by atoms with Gasteiger partial charge < -0.3 is 25.0 Å². The largest absolute Gasteiger partial charge is 0.496 e. The van der Waals surface area contributed by atoms with Gasteiger partial charge in [0, 0.05) is 6.54 Å². The van der Waals surface area contributed by atoms with Crippen LogP contribution in [0.25, 0.3) is 0 Å². The first-order chi connectivity index (χ1) is 12.5. The number of nitrogens with zero attached hydrogens (tertiary/aromatic N) is 3. The summed E-state index contributed by atoms with van der Waals surface area (Å²) in [5, 5.41) is 14.0. The molecule has 8 heteroatoms. The summed E-state index contributed by atoms with van der Waals surface area (Å²) in [5.41, 5.74) is 0.310. The minimum absolute atomic E-state index is 0.310. The molecule has 0 saturated carbocycles.